The van der Waals surface area contributed by atoms with Crippen molar-refractivity contribution in [2.24, 2.45) is 0 Å². The van der Waals surface area contributed by atoms with E-state index in [4.69, 9.17) is 21.8 Å². The summed E-state index contributed by atoms with van der Waals surface area (Å²) >= 11 is 0. The number of hydrogen-bond donors (Lipinski definition) is 0. The second kappa shape index (κ2) is 10.2. The fourth-order valence-electron chi connectivity index (χ4n) is 7.78. The normalized spacial score (nSPS) is 17.9. The first-order valence-electron chi connectivity index (χ1n) is 19.2. The number of furan rings is 2. The zero-order valence-corrected chi connectivity index (χ0v) is 27.1. The molecule has 0 saturated carbocycles. The molecule has 0 bridgehead atoms. The van der Waals surface area contributed by atoms with E-state index >= 15 is 0 Å². The largest absolute Gasteiger partial charge is 0.456 e. The van der Waals surface area contributed by atoms with Gasteiger partial charge in [-0.15, -0.1) is 0 Å². The molecule has 48 heavy (non-hydrogen) atoms. The van der Waals surface area contributed by atoms with Gasteiger partial charge in [0.2, 0.25) is 0 Å². The molecule has 3 heteroatoms. The molecule has 0 fully saturated rings. The van der Waals surface area contributed by atoms with Crippen LogP contribution in [0.5, 0.6) is 11.5 Å². The van der Waals surface area contributed by atoms with Gasteiger partial charge in [-0.2, -0.15) is 0 Å². The highest BCUT2D eigenvalue weighted by Crippen LogP contribution is 2.52. The van der Waals surface area contributed by atoms with Crippen molar-refractivity contribution in [2.75, 3.05) is 0 Å². The lowest BCUT2D eigenvalue weighted by atomic mass is 9.74. The molecule has 2 aromatic heterocycles. The molecule has 234 valence electrons. The maximum Gasteiger partial charge on any atom is 0.299 e. The van der Waals surface area contributed by atoms with Crippen molar-refractivity contribution in [3.63, 3.8) is 0 Å². The number of ether oxygens (including phenoxy) is 1. The van der Waals surface area contributed by atoms with Gasteiger partial charge in [-0.25, -0.2) is 0 Å². The number of para-hydroxylation sites is 4. The van der Waals surface area contributed by atoms with Crippen LogP contribution in [0.15, 0.2) is 118 Å². The van der Waals surface area contributed by atoms with E-state index in [2.05, 4.69) is 0 Å². The standard InChI is InChI=1S/C45H36O3/c1-25-21-23-29(27(3)39(25)32-14-11-15-34-41-31-13-7-9-19-37(31)47-44(41)48-42(32)34)30-24-22-26(2)40(28(30)4)33-16-12-18-36-43(33)46-38-20-10-8-17-35(38)45(36,5)6/h7-24H,1-6H3/i4D3,5D3. The molecule has 3 nitrogen and oxygen atoms in total. The van der Waals surface area contributed by atoms with E-state index in [-0.39, 0.29) is 5.56 Å². The highest BCUT2D eigenvalue weighted by atomic mass is 16.5. The maximum atomic E-state index is 9.01. The lowest BCUT2D eigenvalue weighted by molar-refractivity contribution is 0.419. The summed E-state index contributed by atoms with van der Waals surface area (Å²) in [5, 5.41) is 2.85. The topological polar surface area (TPSA) is 35.5 Å². The van der Waals surface area contributed by atoms with E-state index < -0.39 is 19.1 Å². The van der Waals surface area contributed by atoms with Crippen LogP contribution in [0.4, 0.5) is 0 Å². The SMILES string of the molecule is [2H]C([2H])([2H])c1c(-c2ccc(C)c(-c3cccc4c3oc3oc5ccccc5c34)c2C)ccc(C)c1-c1cccc2c1Oc1ccccc1C2(C)C([2H])([2H])[2H]. The lowest BCUT2D eigenvalue weighted by Gasteiger charge is -2.35. The molecule has 0 radical (unpaired) electrons. The van der Waals surface area contributed by atoms with E-state index in [1.54, 1.807) is 31.2 Å². The maximum absolute atomic E-state index is 9.01. The van der Waals surface area contributed by atoms with Gasteiger partial charge in [0, 0.05) is 46.7 Å². The quantitative estimate of drug-likeness (QED) is 0.195. The molecule has 1 unspecified atom stereocenters. The third kappa shape index (κ3) is 3.94. The number of hydrogen-bond acceptors (Lipinski definition) is 3. The van der Waals surface area contributed by atoms with Crippen molar-refractivity contribution in [3.05, 3.63) is 143 Å². The smallest absolute Gasteiger partial charge is 0.299 e. The summed E-state index contributed by atoms with van der Waals surface area (Å²) in [4.78, 5) is 0. The minimum Gasteiger partial charge on any atom is -0.456 e. The molecule has 0 saturated heterocycles. The molecular formula is C45H36O3. The highest BCUT2D eigenvalue weighted by molar-refractivity contribution is 6.19. The Balaban J connectivity index is 1.29. The van der Waals surface area contributed by atoms with Crippen LogP contribution in [0, 0.1) is 27.6 Å². The van der Waals surface area contributed by atoms with Gasteiger partial charge in [-0.1, -0.05) is 111 Å². The van der Waals surface area contributed by atoms with E-state index in [0.29, 0.717) is 50.7 Å². The summed E-state index contributed by atoms with van der Waals surface area (Å²) in [5.41, 5.74) is 8.12. The second-order valence-corrected chi connectivity index (χ2v) is 13.1. The Morgan fingerprint density at radius 2 is 1.25 bits per heavy atom. The molecule has 0 amide bonds. The van der Waals surface area contributed by atoms with Crippen LogP contribution in [0.25, 0.3) is 66.5 Å². The monoisotopic (exact) mass is 630 g/mol. The predicted octanol–water partition coefficient (Wildman–Crippen LogP) is 13.0. The minimum absolute atomic E-state index is 0.173. The molecule has 0 spiro atoms. The van der Waals surface area contributed by atoms with Crippen LogP contribution in [-0.4, -0.2) is 0 Å². The lowest BCUT2D eigenvalue weighted by Crippen LogP contribution is -2.24. The molecule has 0 N–H and O–H groups in total. The molecule has 9 rings (SSSR count). The van der Waals surface area contributed by atoms with Gasteiger partial charge in [0.15, 0.2) is 0 Å². The summed E-state index contributed by atoms with van der Waals surface area (Å²) in [7, 11) is 0. The Morgan fingerprint density at radius 3 is 2.06 bits per heavy atom. The average Bonchev–Trinajstić information content (AvgIpc) is 3.68. The van der Waals surface area contributed by atoms with Crippen molar-refractivity contribution in [1.82, 2.24) is 0 Å². The molecule has 0 aliphatic carbocycles. The molecule has 3 heterocycles. The molecule has 8 aromatic rings. The Kier molecular flexibility index (Phi) is 4.88. The Labute approximate surface area is 288 Å². The van der Waals surface area contributed by atoms with Crippen LogP contribution >= 0.6 is 0 Å². The van der Waals surface area contributed by atoms with Gasteiger partial charge < -0.3 is 13.6 Å². The van der Waals surface area contributed by atoms with Crippen LogP contribution in [0.1, 0.15) is 55.4 Å². The van der Waals surface area contributed by atoms with Crippen molar-refractivity contribution in [3.8, 4) is 44.9 Å². The van der Waals surface area contributed by atoms with E-state index in [1.807, 2.05) is 106 Å². The van der Waals surface area contributed by atoms with Crippen molar-refractivity contribution < 1.29 is 21.8 Å². The Bertz CT molecular complexity index is 2840. The summed E-state index contributed by atoms with van der Waals surface area (Å²) in [6.45, 7) is 2.70. The Morgan fingerprint density at radius 1 is 0.583 bits per heavy atom. The molecule has 1 atom stereocenters. The first kappa shape index (κ1) is 22.9. The fourth-order valence-corrected chi connectivity index (χ4v) is 7.78. The average molecular weight is 631 g/mol. The summed E-state index contributed by atoms with van der Waals surface area (Å²) < 4.78 is 72.3. The summed E-state index contributed by atoms with van der Waals surface area (Å²) in [6.07, 6.45) is 0. The zero-order chi connectivity index (χ0) is 37.9. The van der Waals surface area contributed by atoms with Crippen molar-refractivity contribution in [1.29, 1.82) is 0 Å². The van der Waals surface area contributed by atoms with E-state index in [1.165, 1.54) is 0 Å². The van der Waals surface area contributed by atoms with E-state index in [9.17, 15) is 0 Å². The van der Waals surface area contributed by atoms with Gasteiger partial charge in [0.1, 0.15) is 22.7 Å². The third-order valence-corrected chi connectivity index (χ3v) is 10.1. The zero-order valence-electron chi connectivity index (χ0n) is 33.1. The molecule has 1 aliphatic rings. The van der Waals surface area contributed by atoms with Crippen LogP contribution in [0.3, 0.4) is 0 Å². The van der Waals surface area contributed by atoms with Gasteiger partial charge in [-0.3, -0.25) is 0 Å². The molecular weight excluding hydrogens is 588 g/mol. The number of fused-ring (bicyclic) bond motifs is 7. The first-order valence-corrected chi connectivity index (χ1v) is 16.2. The Hall–Kier alpha value is -5.54. The highest BCUT2D eigenvalue weighted by Gasteiger charge is 2.35. The number of rotatable bonds is 3. The molecule has 6 aromatic carbocycles. The van der Waals surface area contributed by atoms with Crippen LogP contribution < -0.4 is 4.74 Å². The minimum atomic E-state index is -2.55. The van der Waals surface area contributed by atoms with Gasteiger partial charge >= 0.3 is 0 Å². The second-order valence-electron chi connectivity index (χ2n) is 13.1. The predicted molar refractivity (Wildman–Crippen MR) is 197 cm³/mol. The number of aryl methyl sites for hydroxylation is 2. The summed E-state index contributed by atoms with van der Waals surface area (Å²) in [6, 6.07) is 34.4. The third-order valence-electron chi connectivity index (χ3n) is 10.1. The van der Waals surface area contributed by atoms with Gasteiger partial charge in [0.05, 0.1) is 5.39 Å². The number of benzene rings is 6. The van der Waals surface area contributed by atoms with Gasteiger partial charge in [-0.05, 0) is 84.3 Å². The van der Waals surface area contributed by atoms with Crippen molar-refractivity contribution >= 4 is 33.1 Å². The van der Waals surface area contributed by atoms with Crippen LogP contribution in [0.2, 0.25) is 0 Å². The first-order chi connectivity index (χ1) is 25.7. The van der Waals surface area contributed by atoms with E-state index in [0.717, 1.165) is 55.1 Å². The van der Waals surface area contributed by atoms with Crippen molar-refractivity contribution in [2.45, 2.75) is 46.8 Å². The summed E-state index contributed by atoms with van der Waals surface area (Å²) in [5.74, 6) is 1.25. The van der Waals surface area contributed by atoms with Gasteiger partial charge in [0.25, 0.3) is 5.78 Å². The molecule has 1 aliphatic heterocycles. The fraction of sp³-hybridized carbons (Fsp3) is 0.156. The van der Waals surface area contributed by atoms with Crippen LogP contribution in [-0.2, 0) is 5.41 Å².